The number of nitrogens with zero attached hydrogens (tertiary/aromatic N) is 10. The monoisotopic (exact) mass is 1160 g/mol. The molecule has 450 valence electrons. The number of rotatable bonds is 15. The molecule has 3 aliphatic heterocycles. The van der Waals surface area contributed by atoms with Gasteiger partial charge in [-0.2, -0.15) is 0 Å². The summed E-state index contributed by atoms with van der Waals surface area (Å²) >= 11 is 5.78. The van der Waals surface area contributed by atoms with Crippen molar-refractivity contribution in [3.63, 3.8) is 0 Å². The van der Waals surface area contributed by atoms with Crippen LogP contribution in [0.25, 0.3) is 0 Å². The molecule has 2 amide bonds. The number of imidazole rings is 3. The largest absolute Gasteiger partial charge is 0.445 e. The number of carbonyl (C=O) groups is 2. The van der Waals surface area contributed by atoms with Gasteiger partial charge in [0.1, 0.15) is 13.2 Å². The zero-order valence-electron chi connectivity index (χ0n) is 50.5. The Morgan fingerprint density at radius 1 is 0.393 bits per heavy atom. The lowest BCUT2D eigenvalue weighted by atomic mass is 10.2. The number of hydrogen-bond acceptors (Lipinski definition) is 11. The fourth-order valence-corrected chi connectivity index (χ4v) is 9.29. The van der Waals surface area contributed by atoms with Crippen LogP contribution in [0.2, 0.25) is 0 Å². The number of halogens is 1. The number of carbonyl (C=O) groups excluding carboxylic acids is 2. The molecule has 5 aromatic carbocycles. The van der Waals surface area contributed by atoms with E-state index in [4.69, 9.17) is 21.1 Å². The van der Waals surface area contributed by atoms with E-state index in [1.807, 2.05) is 158 Å². The second-order valence-electron chi connectivity index (χ2n) is 19.2. The predicted octanol–water partition coefficient (Wildman–Crippen LogP) is 11.7. The summed E-state index contributed by atoms with van der Waals surface area (Å²) in [7, 11) is 0. The molecule has 3 aromatic heterocycles. The standard InChI is InChI=1S/C23H26N4O2.C15H20N4.C12H16N2O2.C11H11ClN2.3C2H6/c28-23(29-18-21-9-5-2-6-10-21)26-13-11-25(12-14-26)17-22-15-24-19-27(22)16-20-7-3-1-4-8-20;1-2-4-14(5-3-1)11-19-13-17-10-15(19)12-18-8-6-16-7-9-18;15-12(14-8-6-13-7-9-14)16-10-11-4-2-1-3-5-11;12-6-11-7-13-9-14(11)8-10-4-2-1-3-5-10;3*1-2/h1-10,15,19H,11-14,16-18H2;1-5,10,13,16H,6-9,11-12H2;1-5,13H,6-10H2;1-5,7,9H,6,8H2;3*1-2H3. The third-order valence-corrected chi connectivity index (χ3v) is 13.8. The molecule has 0 unspecified atom stereocenters. The van der Waals surface area contributed by atoms with E-state index in [-0.39, 0.29) is 12.2 Å². The van der Waals surface area contributed by atoms with Crippen molar-refractivity contribution < 1.29 is 19.1 Å². The second-order valence-corrected chi connectivity index (χ2v) is 19.5. The average Bonchev–Trinajstić information content (AvgIpc) is 4.43. The lowest BCUT2D eigenvalue weighted by molar-refractivity contribution is 0.0695. The first-order chi connectivity index (χ1) is 41.5. The van der Waals surface area contributed by atoms with Gasteiger partial charge in [0, 0.05) is 130 Å². The van der Waals surface area contributed by atoms with Crippen molar-refractivity contribution >= 4 is 23.8 Å². The third-order valence-electron chi connectivity index (χ3n) is 13.5. The molecular formula is C67H91ClN12O4. The topological polar surface area (TPSA) is 143 Å². The first-order valence-electron chi connectivity index (χ1n) is 29.9. The van der Waals surface area contributed by atoms with E-state index < -0.39 is 0 Å². The van der Waals surface area contributed by atoms with Crippen molar-refractivity contribution in [2.45, 2.75) is 93.4 Å². The van der Waals surface area contributed by atoms with Crippen molar-refractivity contribution in [1.82, 2.24) is 58.9 Å². The Labute approximate surface area is 505 Å². The third kappa shape index (κ3) is 24.3. The Hall–Kier alpha value is -7.60. The predicted molar refractivity (Wildman–Crippen MR) is 340 cm³/mol. The van der Waals surface area contributed by atoms with Crippen molar-refractivity contribution in [3.05, 3.63) is 234 Å². The molecule has 0 atom stereocenters. The van der Waals surface area contributed by atoms with Gasteiger partial charge in [0.15, 0.2) is 0 Å². The smallest absolute Gasteiger partial charge is 0.410 e. The van der Waals surface area contributed by atoms with Gasteiger partial charge in [0.25, 0.3) is 0 Å². The molecular weight excluding hydrogens is 1070 g/mol. The minimum atomic E-state index is -0.234. The van der Waals surface area contributed by atoms with Gasteiger partial charge >= 0.3 is 12.2 Å². The van der Waals surface area contributed by atoms with Crippen LogP contribution in [0.1, 0.15) is 86.4 Å². The van der Waals surface area contributed by atoms with Gasteiger partial charge in [-0.25, -0.2) is 24.5 Å². The molecule has 8 aromatic rings. The summed E-state index contributed by atoms with van der Waals surface area (Å²) < 4.78 is 17.2. The van der Waals surface area contributed by atoms with Crippen LogP contribution in [-0.4, -0.2) is 139 Å². The summed E-state index contributed by atoms with van der Waals surface area (Å²) in [5, 5.41) is 6.58. The number of ether oxygens (including phenoxy) is 2. The molecule has 16 nitrogen and oxygen atoms in total. The Morgan fingerprint density at radius 3 is 1.05 bits per heavy atom. The highest BCUT2D eigenvalue weighted by Gasteiger charge is 2.23. The molecule has 11 rings (SSSR count). The maximum absolute atomic E-state index is 12.3. The van der Waals surface area contributed by atoms with E-state index >= 15 is 0 Å². The van der Waals surface area contributed by atoms with E-state index in [0.717, 1.165) is 115 Å². The van der Waals surface area contributed by atoms with Crippen LogP contribution in [0.4, 0.5) is 9.59 Å². The molecule has 3 saturated heterocycles. The zero-order valence-corrected chi connectivity index (χ0v) is 51.3. The fraction of sp³-hybridized carbons (Fsp3) is 0.388. The number of amides is 2. The molecule has 6 heterocycles. The van der Waals surface area contributed by atoms with Crippen molar-refractivity contribution in [2.24, 2.45) is 0 Å². The molecule has 0 aliphatic carbocycles. The molecule has 17 heteroatoms. The number of nitrogens with one attached hydrogen (secondary N) is 2. The highest BCUT2D eigenvalue weighted by molar-refractivity contribution is 6.16. The van der Waals surface area contributed by atoms with Crippen LogP contribution in [0, 0.1) is 0 Å². The Balaban J connectivity index is 0.000000206. The summed E-state index contributed by atoms with van der Waals surface area (Å²) in [6.45, 7) is 27.7. The van der Waals surface area contributed by atoms with Crippen molar-refractivity contribution in [1.29, 1.82) is 0 Å². The lowest BCUT2D eigenvalue weighted by Crippen LogP contribution is -2.48. The average molecular weight is 1160 g/mol. The minimum absolute atomic E-state index is 0.217. The first kappa shape index (κ1) is 67.2. The van der Waals surface area contributed by atoms with Crippen LogP contribution in [0.5, 0.6) is 0 Å². The van der Waals surface area contributed by atoms with Crippen LogP contribution < -0.4 is 10.6 Å². The van der Waals surface area contributed by atoms with Gasteiger partial charge in [-0.05, 0) is 27.8 Å². The van der Waals surface area contributed by atoms with Crippen LogP contribution >= 0.6 is 11.6 Å². The Kier molecular flexibility index (Phi) is 32.5. The molecule has 2 N–H and O–H groups in total. The van der Waals surface area contributed by atoms with Crippen molar-refractivity contribution in [3.8, 4) is 0 Å². The van der Waals surface area contributed by atoms with Gasteiger partial charge in [-0.15, -0.1) is 11.6 Å². The summed E-state index contributed by atoms with van der Waals surface area (Å²) in [4.78, 5) is 45.0. The summed E-state index contributed by atoms with van der Waals surface area (Å²) in [6.07, 6.45) is 10.9. The molecule has 0 spiro atoms. The Bertz CT molecular complexity index is 2910. The van der Waals surface area contributed by atoms with Gasteiger partial charge in [-0.1, -0.05) is 193 Å². The van der Waals surface area contributed by atoms with E-state index in [0.29, 0.717) is 32.2 Å². The van der Waals surface area contributed by atoms with Gasteiger partial charge in [0.05, 0.1) is 41.9 Å². The molecule has 0 saturated carbocycles. The SMILES string of the molecule is CC.CC.CC.ClCc1cncn1Cc1ccccc1.O=C(OCc1ccccc1)N1CCN(Cc2cncn2Cc2ccccc2)CC1.O=C(OCc1ccccc1)N1CCNCC1.c1ccc(Cn2cncc2CN2CCNCC2)cc1. The zero-order chi connectivity index (χ0) is 59.8. The van der Waals surface area contributed by atoms with Gasteiger partial charge < -0.3 is 43.6 Å². The quantitative estimate of drug-likeness (QED) is 0.0947. The molecule has 3 aliphatic rings. The molecule has 0 radical (unpaired) electrons. The lowest BCUT2D eigenvalue weighted by Gasteiger charge is -2.34. The maximum Gasteiger partial charge on any atom is 0.410 e. The number of benzene rings is 5. The van der Waals surface area contributed by atoms with Crippen LogP contribution in [-0.2, 0) is 61.3 Å². The normalized spacial score (nSPS) is 13.8. The van der Waals surface area contributed by atoms with Crippen molar-refractivity contribution in [2.75, 3.05) is 78.5 Å². The van der Waals surface area contributed by atoms with Gasteiger partial charge in [-0.3, -0.25) is 9.80 Å². The molecule has 84 heavy (non-hydrogen) atoms. The van der Waals surface area contributed by atoms with Crippen LogP contribution in [0.3, 0.4) is 0 Å². The maximum atomic E-state index is 12.3. The summed E-state index contributed by atoms with van der Waals surface area (Å²) in [5.41, 5.74) is 9.41. The summed E-state index contributed by atoms with van der Waals surface area (Å²) in [5.74, 6) is 0.507. The van der Waals surface area contributed by atoms with Gasteiger partial charge in [0.2, 0.25) is 0 Å². The molecule has 3 fully saturated rings. The number of hydrogen-bond donors (Lipinski definition) is 2. The highest BCUT2D eigenvalue weighted by atomic mass is 35.5. The van der Waals surface area contributed by atoms with Crippen LogP contribution in [0.15, 0.2) is 189 Å². The second kappa shape index (κ2) is 40.6. The molecule has 0 bridgehead atoms. The fourth-order valence-electron chi connectivity index (χ4n) is 9.07. The number of alkyl halides is 1. The summed E-state index contributed by atoms with van der Waals surface area (Å²) in [6, 6.07) is 50.7. The number of aromatic nitrogens is 6. The minimum Gasteiger partial charge on any atom is -0.445 e. The van der Waals surface area contributed by atoms with E-state index in [2.05, 4.69) is 116 Å². The van der Waals surface area contributed by atoms with E-state index in [1.54, 1.807) is 16.0 Å². The first-order valence-corrected chi connectivity index (χ1v) is 30.4. The van der Waals surface area contributed by atoms with E-state index in [1.165, 1.54) is 28.1 Å². The Morgan fingerprint density at radius 2 is 0.690 bits per heavy atom. The number of piperazine rings is 3. The van der Waals surface area contributed by atoms with E-state index in [9.17, 15) is 9.59 Å². The highest BCUT2D eigenvalue weighted by Crippen LogP contribution is 2.14.